The molecule has 0 aliphatic heterocycles. The van der Waals surface area contributed by atoms with Crippen LogP contribution in [0.25, 0.3) is 5.65 Å². The van der Waals surface area contributed by atoms with E-state index in [-0.39, 0.29) is 0 Å². The van der Waals surface area contributed by atoms with E-state index in [0.29, 0.717) is 5.88 Å². The van der Waals surface area contributed by atoms with Gasteiger partial charge in [0.25, 0.3) is 5.88 Å². The summed E-state index contributed by atoms with van der Waals surface area (Å²) in [6.07, 6.45) is 10.7. The molecule has 0 bridgehead atoms. The van der Waals surface area contributed by atoms with Crippen LogP contribution in [0.4, 0.5) is 0 Å². The summed E-state index contributed by atoms with van der Waals surface area (Å²) in [6, 6.07) is 0. The van der Waals surface area contributed by atoms with Crippen LogP contribution < -0.4 is 4.74 Å². The highest BCUT2D eigenvalue weighted by Gasteiger charge is 2.17. The molecule has 4 nitrogen and oxygen atoms in total. The highest BCUT2D eigenvalue weighted by molar-refractivity contribution is 9.10. The van der Waals surface area contributed by atoms with Crippen LogP contribution in [-0.2, 0) is 0 Å². The normalized spacial score (nSPS) is 16.1. The Balaban J connectivity index is 1.72. The molecule has 2 heterocycles. The Morgan fingerprint density at radius 2 is 2.35 bits per heavy atom. The van der Waals surface area contributed by atoms with Gasteiger partial charge in [-0.05, 0) is 28.3 Å². The van der Waals surface area contributed by atoms with Crippen molar-refractivity contribution in [3.05, 3.63) is 23.2 Å². The van der Waals surface area contributed by atoms with Crippen molar-refractivity contribution >= 4 is 21.6 Å². The van der Waals surface area contributed by atoms with Gasteiger partial charge in [0.15, 0.2) is 0 Å². The maximum absolute atomic E-state index is 5.74. The van der Waals surface area contributed by atoms with Crippen LogP contribution in [0.15, 0.2) is 23.2 Å². The molecule has 0 aromatic carbocycles. The van der Waals surface area contributed by atoms with E-state index in [9.17, 15) is 0 Å². The number of hydrogen-bond acceptors (Lipinski definition) is 3. The maximum Gasteiger partial charge on any atom is 0.259 e. The van der Waals surface area contributed by atoms with Gasteiger partial charge in [-0.2, -0.15) is 0 Å². The summed E-state index contributed by atoms with van der Waals surface area (Å²) < 4.78 is 8.42. The van der Waals surface area contributed by atoms with Gasteiger partial charge in [0, 0.05) is 18.6 Å². The maximum atomic E-state index is 5.74. The zero-order chi connectivity index (χ0) is 11.7. The second-order valence-electron chi connectivity index (χ2n) is 4.46. The van der Waals surface area contributed by atoms with Crippen LogP contribution in [0.1, 0.15) is 25.7 Å². The third-order valence-corrected chi connectivity index (χ3v) is 3.69. The van der Waals surface area contributed by atoms with Gasteiger partial charge in [-0.1, -0.05) is 19.3 Å². The predicted octanol–water partition coefficient (Wildman–Crippen LogP) is 3.06. The van der Waals surface area contributed by atoms with Gasteiger partial charge in [0.2, 0.25) is 5.65 Å². The Morgan fingerprint density at radius 1 is 1.47 bits per heavy atom. The fourth-order valence-electron chi connectivity index (χ4n) is 2.07. The van der Waals surface area contributed by atoms with Gasteiger partial charge in [-0.25, -0.2) is 9.97 Å². The van der Waals surface area contributed by atoms with Crippen molar-refractivity contribution in [3.63, 3.8) is 0 Å². The number of nitrogens with zero attached hydrogens (tertiary/aromatic N) is 3. The van der Waals surface area contributed by atoms with E-state index in [1.807, 2.05) is 16.8 Å². The Labute approximate surface area is 108 Å². The smallest absolute Gasteiger partial charge is 0.259 e. The molecule has 0 unspecified atom stereocenters. The van der Waals surface area contributed by atoms with Crippen molar-refractivity contribution in [1.82, 2.24) is 14.4 Å². The molecule has 0 amide bonds. The summed E-state index contributed by atoms with van der Waals surface area (Å²) in [5.41, 5.74) is 0.779. The predicted molar refractivity (Wildman–Crippen MR) is 68.1 cm³/mol. The molecule has 0 radical (unpaired) electrons. The monoisotopic (exact) mass is 295 g/mol. The Hall–Kier alpha value is -1.10. The summed E-state index contributed by atoms with van der Waals surface area (Å²) in [7, 11) is 0. The molecule has 0 N–H and O–H groups in total. The minimum Gasteiger partial charge on any atom is -0.475 e. The van der Waals surface area contributed by atoms with Crippen molar-refractivity contribution in [1.29, 1.82) is 0 Å². The standard InChI is InChI=1S/C12H14BrN3O/c13-10-8-16-6-5-14-11(16)12(15-10)17-7-4-9-2-1-3-9/h5-6,8-9H,1-4,7H2. The highest BCUT2D eigenvalue weighted by atomic mass is 79.9. The van der Waals surface area contributed by atoms with Gasteiger partial charge in [-0.15, -0.1) is 0 Å². The van der Waals surface area contributed by atoms with E-state index < -0.39 is 0 Å². The molecule has 2 aromatic rings. The number of halogens is 1. The van der Waals surface area contributed by atoms with E-state index in [0.717, 1.165) is 29.2 Å². The van der Waals surface area contributed by atoms with Crippen molar-refractivity contribution < 1.29 is 4.74 Å². The minimum absolute atomic E-state index is 0.615. The van der Waals surface area contributed by atoms with E-state index >= 15 is 0 Å². The molecular weight excluding hydrogens is 282 g/mol. The van der Waals surface area contributed by atoms with E-state index in [1.165, 1.54) is 19.3 Å². The van der Waals surface area contributed by atoms with Gasteiger partial charge in [0.1, 0.15) is 4.60 Å². The molecule has 17 heavy (non-hydrogen) atoms. The molecule has 1 fully saturated rings. The number of fused-ring (bicyclic) bond motifs is 1. The first-order valence-electron chi connectivity index (χ1n) is 5.95. The SMILES string of the molecule is Brc1cn2ccnc2c(OCCC2CCC2)n1. The summed E-state index contributed by atoms with van der Waals surface area (Å²) in [6.45, 7) is 0.733. The summed E-state index contributed by atoms with van der Waals surface area (Å²) in [4.78, 5) is 8.57. The molecule has 3 rings (SSSR count). The number of imidazole rings is 1. The van der Waals surface area contributed by atoms with Crippen molar-refractivity contribution in [2.75, 3.05) is 6.61 Å². The van der Waals surface area contributed by atoms with Gasteiger partial charge < -0.3 is 4.74 Å². The zero-order valence-corrected chi connectivity index (χ0v) is 11.1. The molecule has 0 spiro atoms. The fourth-order valence-corrected chi connectivity index (χ4v) is 2.46. The second kappa shape index (κ2) is 4.64. The topological polar surface area (TPSA) is 39.4 Å². The largest absolute Gasteiger partial charge is 0.475 e. The zero-order valence-electron chi connectivity index (χ0n) is 9.47. The van der Waals surface area contributed by atoms with Crippen LogP contribution in [0.5, 0.6) is 5.88 Å². The molecule has 1 saturated carbocycles. The first kappa shape index (κ1) is 11.0. The van der Waals surface area contributed by atoms with Gasteiger partial charge in [-0.3, -0.25) is 4.40 Å². The van der Waals surface area contributed by atoms with Crippen molar-refractivity contribution in [2.45, 2.75) is 25.7 Å². The average Bonchev–Trinajstić information content (AvgIpc) is 2.69. The third-order valence-electron chi connectivity index (χ3n) is 3.30. The Kier molecular flexibility index (Phi) is 3.01. The molecular formula is C12H14BrN3O. The van der Waals surface area contributed by atoms with Crippen LogP contribution in [0.2, 0.25) is 0 Å². The van der Waals surface area contributed by atoms with Gasteiger partial charge in [0.05, 0.1) is 6.61 Å². The van der Waals surface area contributed by atoms with Crippen LogP contribution in [-0.4, -0.2) is 21.0 Å². The quantitative estimate of drug-likeness (QED) is 0.870. The molecule has 0 atom stereocenters. The van der Waals surface area contributed by atoms with Crippen LogP contribution in [0.3, 0.4) is 0 Å². The molecule has 1 aliphatic carbocycles. The van der Waals surface area contributed by atoms with Crippen molar-refractivity contribution in [3.8, 4) is 5.88 Å². The lowest BCUT2D eigenvalue weighted by molar-refractivity contribution is 0.218. The van der Waals surface area contributed by atoms with Crippen molar-refractivity contribution in [2.24, 2.45) is 5.92 Å². The highest BCUT2D eigenvalue weighted by Crippen LogP contribution is 2.29. The van der Waals surface area contributed by atoms with Gasteiger partial charge >= 0.3 is 0 Å². The number of hydrogen-bond donors (Lipinski definition) is 0. The van der Waals surface area contributed by atoms with E-state index in [2.05, 4.69) is 25.9 Å². The second-order valence-corrected chi connectivity index (χ2v) is 5.27. The lowest BCUT2D eigenvalue weighted by Gasteiger charge is -2.24. The number of rotatable bonds is 4. The van der Waals surface area contributed by atoms with E-state index in [1.54, 1.807) is 6.20 Å². The molecule has 2 aromatic heterocycles. The summed E-state index contributed by atoms with van der Waals surface area (Å²) >= 11 is 3.37. The summed E-state index contributed by atoms with van der Waals surface area (Å²) in [5.74, 6) is 1.47. The average molecular weight is 296 g/mol. The van der Waals surface area contributed by atoms with Crippen LogP contribution >= 0.6 is 15.9 Å². The molecule has 5 heteroatoms. The minimum atomic E-state index is 0.615. The first-order valence-corrected chi connectivity index (χ1v) is 6.74. The summed E-state index contributed by atoms with van der Waals surface area (Å²) in [5, 5.41) is 0. The Morgan fingerprint density at radius 3 is 3.12 bits per heavy atom. The number of ether oxygens (including phenoxy) is 1. The molecule has 90 valence electrons. The third kappa shape index (κ3) is 2.29. The lowest BCUT2D eigenvalue weighted by atomic mass is 9.83. The lowest BCUT2D eigenvalue weighted by Crippen LogP contribution is -2.15. The molecule has 0 saturated heterocycles. The molecule has 1 aliphatic rings. The van der Waals surface area contributed by atoms with E-state index in [4.69, 9.17) is 4.74 Å². The fraction of sp³-hybridized carbons (Fsp3) is 0.500. The first-order chi connectivity index (χ1) is 8.33. The Bertz CT molecular complexity index is 521. The number of aromatic nitrogens is 3. The van der Waals surface area contributed by atoms with Crippen LogP contribution in [0, 0.1) is 5.92 Å².